The molecule has 0 unspecified atom stereocenters. The van der Waals surface area contributed by atoms with Gasteiger partial charge in [0.25, 0.3) is 5.91 Å². The first kappa shape index (κ1) is 16.1. The maximum absolute atomic E-state index is 13.7. The van der Waals surface area contributed by atoms with Crippen LogP contribution in [-0.4, -0.2) is 28.9 Å². The number of nitrogens with two attached hydrogens (primary N) is 1. The lowest BCUT2D eigenvalue weighted by atomic mass is 10.1. The van der Waals surface area contributed by atoms with Crippen molar-refractivity contribution in [1.29, 1.82) is 0 Å². The molecule has 1 atom stereocenters. The molecule has 8 heteroatoms. The Kier molecular flexibility index (Phi) is 5.63. The third-order valence-electron chi connectivity index (χ3n) is 2.48. The second-order valence-electron chi connectivity index (χ2n) is 3.97. The maximum atomic E-state index is 13.7. The molecular weight excluding hydrogens is 335 g/mol. The number of carbonyl (C=O) groups excluding carboxylic acids is 2. The molecule has 0 aliphatic carbocycles. The van der Waals surface area contributed by atoms with E-state index in [1.807, 2.05) is 0 Å². The fourth-order valence-corrected chi connectivity index (χ4v) is 1.83. The zero-order valence-electron chi connectivity index (χ0n) is 10.2. The van der Waals surface area contributed by atoms with Gasteiger partial charge in [-0.1, -0.05) is 6.07 Å². The summed E-state index contributed by atoms with van der Waals surface area (Å²) < 4.78 is 13.8. The summed E-state index contributed by atoms with van der Waals surface area (Å²) in [6.45, 7) is 0. The van der Waals surface area contributed by atoms with Crippen LogP contribution < -0.4 is 11.1 Å². The Hall–Kier alpha value is -1.96. The topological polar surface area (TPSA) is 109 Å². The van der Waals surface area contributed by atoms with Gasteiger partial charge in [0.15, 0.2) is 0 Å². The van der Waals surface area contributed by atoms with Gasteiger partial charge in [-0.15, -0.1) is 0 Å². The molecule has 0 saturated carbocycles. The number of hydrogen-bond donors (Lipinski definition) is 3. The van der Waals surface area contributed by atoms with E-state index < -0.39 is 29.6 Å². The van der Waals surface area contributed by atoms with E-state index in [-0.39, 0.29) is 22.9 Å². The number of rotatable bonds is 6. The molecule has 0 heterocycles. The van der Waals surface area contributed by atoms with Gasteiger partial charge in [0, 0.05) is 6.42 Å². The molecule has 0 saturated heterocycles. The summed E-state index contributed by atoms with van der Waals surface area (Å²) in [5.74, 6) is -3.67. The van der Waals surface area contributed by atoms with E-state index in [1.165, 1.54) is 18.2 Å². The van der Waals surface area contributed by atoms with Crippen LogP contribution >= 0.6 is 15.9 Å². The molecule has 0 aliphatic rings. The second kappa shape index (κ2) is 6.99. The molecule has 4 N–H and O–H groups in total. The molecule has 0 aliphatic heterocycles. The van der Waals surface area contributed by atoms with Gasteiger partial charge in [0.1, 0.15) is 11.9 Å². The lowest BCUT2D eigenvalue weighted by Crippen LogP contribution is -2.41. The van der Waals surface area contributed by atoms with Gasteiger partial charge in [-0.2, -0.15) is 0 Å². The molecule has 108 valence electrons. The molecule has 1 aromatic carbocycles. The fraction of sp³-hybridized carbons (Fsp3) is 0.250. The summed E-state index contributed by atoms with van der Waals surface area (Å²) in [6, 6.07) is 2.77. The molecule has 2 amide bonds. The van der Waals surface area contributed by atoms with Gasteiger partial charge in [-0.25, -0.2) is 9.18 Å². The van der Waals surface area contributed by atoms with Crippen LogP contribution in [0.25, 0.3) is 0 Å². The molecule has 0 spiro atoms. The van der Waals surface area contributed by atoms with Crippen LogP contribution in [0.3, 0.4) is 0 Å². The minimum Gasteiger partial charge on any atom is -0.480 e. The Labute approximate surface area is 122 Å². The Bertz CT molecular complexity index is 550. The number of halogens is 2. The van der Waals surface area contributed by atoms with Gasteiger partial charge >= 0.3 is 5.97 Å². The SMILES string of the molecule is NC(=O)CC[C@@H](NC(=O)c1cccc(Br)c1F)C(=O)O. The van der Waals surface area contributed by atoms with E-state index in [4.69, 9.17) is 10.8 Å². The van der Waals surface area contributed by atoms with E-state index in [9.17, 15) is 18.8 Å². The van der Waals surface area contributed by atoms with E-state index in [1.54, 1.807) is 0 Å². The van der Waals surface area contributed by atoms with Crippen molar-refractivity contribution in [3.05, 3.63) is 34.1 Å². The number of carbonyl (C=O) groups is 3. The molecule has 0 bridgehead atoms. The molecule has 20 heavy (non-hydrogen) atoms. The predicted octanol–water partition coefficient (Wildman–Crippen LogP) is 1.04. The highest BCUT2D eigenvalue weighted by atomic mass is 79.9. The fourth-order valence-electron chi connectivity index (χ4n) is 1.46. The average Bonchev–Trinajstić information content (AvgIpc) is 2.36. The third-order valence-corrected chi connectivity index (χ3v) is 3.09. The predicted molar refractivity (Wildman–Crippen MR) is 71.4 cm³/mol. The van der Waals surface area contributed by atoms with Gasteiger partial charge < -0.3 is 16.2 Å². The first-order valence-electron chi connectivity index (χ1n) is 5.59. The van der Waals surface area contributed by atoms with Crippen molar-refractivity contribution in [2.45, 2.75) is 18.9 Å². The second-order valence-corrected chi connectivity index (χ2v) is 4.82. The van der Waals surface area contributed by atoms with Crippen molar-refractivity contribution >= 4 is 33.7 Å². The molecule has 0 radical (unpaired) electrons. The summed E-state index contributed by atoms with van der Waals surface area (Å²) in [5, 5.41) is 11.1. The van der Waals surface area contributed by atoms with Crippen molar-refractivity contribution in [2.75, 3.05) is 0 Å². The number of amides is 2. The molecule has 1 aromatic rings. The number of aliphatic carboxylic acids is 1. The number of hydrogen-bond acceptors (Lipinski definition) is 3. The first-order valence-corrected chi connectivity index (χ1v) is 6.38. The van der Waals surface area contributed by atoms with E-state index in [0.717, 1.165) is 0 Å². The van der Waals surface area contributed by atoms with Gasteiger partial charge in [-0.05, 0) is 34.5 Å². The van der Waals surface area contributed by atoms with Crippen LogP contribution in [0.4, 0.5) is 4.39 Å². The molecule has 1 rings (SSSR count). The average molecular weight is 347 g/mol. The number of nitrogens with one attached hydrogen (secondary N) is 1. The van der Waals surface area contributed by atoms with Crippen LogP contribution in [0.5, 0.6) is 0 Å². The van der Waals surface area contributed by atoms with Crippen LogP contribution in [0, 0.1) is 5.82 Å². The minimum absolute atomic E-state index is 0.0918. The van der Waals surface area contributed by atoms with Crippen molar-refractivity contribution in [3.8, 4) is 0 Å². The standard InChI is InChI=1S/C12H12BrFN2O4/c13-7-3-1-2-6(10(7)14)11(18)16-8(12(19)20)4-5-9(15)17/h1-3,8H,4-5H2,(H2,15,17)(H,16,18)(H,19,20)/t8-/m1/s1. The smallest absolute Gasteiger partial charge is 0.326 e. The summed E-state index contributed by atoms with van der Waals surface area (Å²) in [5.41, 5.74) is 4.63. The summed E-state index contributed by atoms with van der Waals surface area (Å²) in [6.07, 6.45) is -0.357. The van der Waals surface area contributed by atoms with Gasteiger partial charge in [0.2, 0.25) is 5.91 Å². The Balaban J connectivity index is 2.83. The summed E-state index contributed by atoms with van der Waals surface area (Å²) in [7, 11) is 0. The number of carboxylic acid groups (broad SMARTS) is 1. The zero-order valence-corrected chi connectivity index (χ0v) is 11.8. The van der Waals surface area contributed by atoms with Crippen LogP contribution in [0.1, 0.15) is 23.2 Å². The van der Waals surface area contributed by atoms with Gasteiger partial charge in [-0.3, -0.25) is 9.59 Å². The molecule has 0 fully saturated rings. The number of primary amides is 1. The largest absolute Gasteiger partial charge is 0.480 e. The first-order chi connectivity index (χ1) is 9.32. The van der Waals surface area contributed by atoms with Crippen molar-refractivity contribution in [3.63, 3.8) is 0 Å². The lowest BCUT2D eigenvalue weighted by molar-refractivity contribution is -0.139. The van der Waals surface area contributed by atoms with Crippen LogP contribution in [0.2, 0.25) is 0 Å². The number of benzene rings is 1. The van der Waals surface area contributed by atoms with E-state index >= 15 is 0 Å². The Morgan fingerprint density at radius 3 is 2.60 bits per heavy atom. The Morgan fingerprint density at radius 2 is 2.05 bits per heavy atom. The van der Waals surface area contributed by atoms with Gasteiger partial charge in [0.05, 0.1) is 10.0 Å². The highest BCUT2D eigenvalue weighted by Gasteiger charge is 2.23. The maximum Gasteiger partial charge on any atom is 0.326 e. The molecular formula is C12H12BrFN2O4. The van der Waals surface area contributed by atoms with Crippen LogP contribution in [0.15, 0.2) is 22.7 Å². The highest BCUT2D eigenvalue weighted by molar-refractivity contribution is 9.10. The van der Waals surface area contributed by atoms with Crippen molar-refractivity contribution < 1.29 is 23.9 Å². The van der Waals surface area contributed by atoms with Crippen LogP contribution in [-0.2, 0) is 9.59 Å². The summed E-state index contributed by atoms with van der Waals surface area (Å²) in [4.78, 5) is 33.4. The number of carboxylic acids is 1. The van der Waals surface area contributed by atoms with E-state index in [0.29, 0.717) is 0 Å². The lowest BCUT2D eigenvalue weighted by Gasteiger charge is -2.14. The summed E-state index contributed by atoms with van der Waals surface area (Å²) >= 11 is 2.93. The quantitative estimate of drug-likeness (QED) is 0.714. The molecule has 0 aromatic heterocycles. The molecule has 6 nitrogen and oxygen atoms in total. The van der Waals surface area contributed by atoms with E-state index in [2.05, 4.69) is 21.2 Å². The normalized spacial score (nSPS) is 11.7. The van der Waals surface area contributed by atoms with Crippen molar-refractivity contribution in [2.24, 2.45) is 5.73 Å². The third kappa shape index (κ3) is 4.30. The van der Waals surface area contributed by atoms with Crippen molar-refractivity contribution in [1.82, 2.24) is 5.32 Å². The zero-order chi connectivity index (χ0) is 15.3. The monoisotopic (exact) mass is 346 g/mol. The minimum atomic E-state index is -1.32. The highest BCUT2D eigenvalue weighted by Crippen LogP contribution is 2.18. The Morgan fingerprint density at radius 1 is 1.40 bits per heavy atom.